The minimum absolute atomic E-state index is 0.000783. The van der Waals surface area contributed by atoms with Crippen LogP contribution in [0.5, 0.6) is 0 Å². The average molecular weight is 1120 g/mol. The van der Waals surface area contributed by atoms with Crippen LogP contribution in [-0.2, 0) is 46.6 Å². The number of pyridine rings is 2. The third-order valence-corrected chi connectivity index (χ3v) is 14.7. The van der Waals surface area contributed by atoms with Gasteiger partial charge in [-0.3, -0.25) is 14.7 Å². The van der Waals surface area contributed by atoms with Crippen molar-refractivity contribution in [3.8, 4) is 0 Å². The molecule has 0 saturated carbocycles. The van der Waals surface area contributed by atoms with E-state index in [0.29, 0.717) is 16.4 Å². The van der Waals surface area contributed by atoms with Crippen LogP contribution in [0.1, 0.15) is 66.6 Å². The van der Waals surface area contributed by atoms with Gasteiger partial charge in [0, 0.05) is 40.7 Å². The van der Waals surface area contributed by atoms with Crippen LogP contribution < -0.4 is 9.03 Å². The van der Waals surface area contributed by atoms with Crippen molar-refractivity contribution in [3.63, 3.8) is 0 Å². The predicted molar refractivity (Wildman–Crippen MR) is 241 cm³/mol. The van der Waals surface area contributed by atoms with E-state index in [1.54, 1.807) is 12.1 Å². The van der Waals surface area contributed by atoms with Crippen LogP contribution in [0.3, 0.4) is 0 Å². The van der Waals surface area contributed by atoms with E-state index >= 15 is 0 Å². The summed E-state index contributed by atoms with van der Waals surface area (Å²) in [5.41, 5.74) is -2.35. The van der Waals surface area contributed by atoms with Crippen molar-refractivity contribution in [1.82, 2.24) is 9.97 Å². The van der Waals surface area contributed by atoms with Gasteiger partial charge in [-0.25, -0.2) is 30.7 Å². The lowest BCUT2D eigenvalue weighted by molar-refractivity contribution is -0.138. The van der Waals surface area contributed by atoms with Crippen molar-refractivity contribution in [1.29, 1.82) is 0 Å². The fraction of sp³-hybridized carbons (Fsp3) is 0.143. The van der Waals surface area contributed by atoms with Gasteiger partial charge in [0.05, 0.1) is 63.5 Å². The first-order valence-corrected chi connectivity index (χ1v) is 24.0. The number of carbonyl (C=O) groups excluding carboxylic acids is 2. The maximum absolute atomic E-state index is 13.6. The molecule has 6 aromatic rings. The zero-order valence-electron chi connectivity index (χ0n) is 34.0. The largest absolute Gasteiger partial charge is 0.447 e. The van der Waals surface area contributed by atoms with Gasteiger partial charge in [0.2, 0.25) is 0 Å². The lowest BCUT2D eigenvalue weighted by atomic mass is 10.0. The number of nitrogens with zero attached hydrogens (tertiary/aromatic N) is 3. The van der Waals surface area contributed by atoms with E-state index in [1.165, 1.54) is 55.9 Å². The number of benzene rings is 4. The maximum Gasteiger partial charge on any atom is 0.417 e. The SMILES string of the molecule is COCN(c1cc(Cl)cnc1C1OC(=O)c2cccc(Cl)c21)S(=O)(=O)c1ccc(Cl)c(C(F)(F)F)c1.O=C1OC(c2ncc(Cl)cc2NS(=O)(=O)c2ccc(Cl)c(C(F)(F)F)c2)c2c(Cl)cccc21. The minimum atomic E-state index is -4.91. The number of aromatic nitrogens is 2. The highest BCUT2D eigenvalue weighted by Crippen LogP contribution is 2.46. The molecule has 0 spiro atoms. The van der Waals surface area contributed by atoms with Crippen molar-refractivity contribution in [3.05, 3.63) is 172 Å². The summed E-state index contributed by atoms with van der Waals surface area (Å²) in [5.74, 6) is -1.41. The number of fused-ring (bicyclic) bond motifs is 2. The number of carbonyl (C=O) groups is 2. The number of methoxy groups -OCH3 is 1. The van der Waals surface area contributed by atoms with Crippen molar-refractivity contribution < 1.29 is 67.0 Å². The Bertz CT molecular complexity index is 3300. The molecule has 0 amide bonds. The zero-order valence-corrected chi connectivity index (χ0v) is 40.1. The fourth-order valence-electron chi connectivity index (χ4n) is 6.88. The summed E-state index contributed by atoms with van der Waals surface area (Å²) in [7, 11) is -8.09. The molecule has 4 aromatic carbocycles. The van der Waals surface area contributed by atoms with Gasteiger partial charge < -0.3 is 14.2 Å². The Morgan fingerprint density at radius 2 is 1.10 bits per heavy atom. The Balaban J connectivity index is 0.000000205. The normalized spacial score (nSPS) is 15.7. The Morgan fingerprint density at radius 1 is 0.638 bits per heavy atom. The van der Waals surface area contributed by atoms with Crippen molar-refractivity contribution in [2.75, 3.05) is 22.9 Å². The first-order chi connectivity index (χ1) is 32.2. The van der Waals surface area contributed by atoms with Crippen LogP contribution in [0.25, 0.3) is 0 Å². The highest BCUT2D eigenvalue weighted by Gasteiger charge is 2.42. The van der Waals surface area contributed by atoms with Crippen LogP contribution in [0.15, 0.2) is 107 Å². The molecule has 13 nitrogen and oxygen atoms in total. The standard InChI is InChI=1S/C22H14Cl3F3N2O5S.C20H10Cl3F3N2O4S/c1-34-10-30(36(32,33)12-5-6-15(24)14(8-12)22(26,27)28)17-7-11(23)9-29-19(17)20-18-13(21(31)35-20)3-2-4-16(18)25;21-9-6-15(28-33(30,31)10-4-5-13(22)12(7-10)20(24,25)26)17(27-8-9)18-16-11(19(29)32-18)2-1-3-14(16)23/h2-9,20H,10H2,1H3;1-8,18,28H. The zero-order chi connectivity index (χ0) is 50.5. The van der Waals surface area contributed by atoms with E-state index in [1.807, 2.05) is 0 Å². The molecule has 2 aliphatic rings. The molecule has 0 bridgehead atoms. The number of nitrogens with one attached hydrogen (secondary N) is 1. The van der Waals surface area contributed by atoms with Gasteiger partial charge in [-0.1, -0.05) is 81.7 Å². The van der Waals surface area contributed by atoms with Crippen molar-refractivity contribution in [2.45, 2.75) is 34.4 Å². The molecule has 0 saturated heterocycles. The summed E-state index contributed by atoms with van der Waals surface area (Å²) in [6, 6.07) is 15.8. The number of hydrogen-bond acceptors (Lipinski definition) is 11. The molecule has 0 fully saturated rings. The second-order valence-electron chi connectivity index (χ2n) is 14.3. The summed E-state index contributed by atoms with van der Waals surface area (Å²) >= 11 is 35.8. The molecular formula is C42H24Cl6F6N4O9S2. The number of ether oxygens (including phenoxy) is 3. The summed E-state index contributed by atoms with van der Waals surface area (Å²) in [5, 5.41) is -0.959. The van der Waals surface area contributed by atoms with E-state index in [4.69, 9.17) is 83.8 Å². The molecule has 2 aliphatic heterocycles. The van der Waals surface area contributed by atoms with E-state index in [-0.39, 0.29) is 65.1 Å². The lowest BCUT2D eigenvalue weighted by Gasteiger charge is -2.27. The molecule has 2 unspecified atom stereocenters. The van der Waals surface area contributed by atoms with Crippen molar-refractivity contribution in [2.24, 2.45) is 0 Å². The fourth-order valence-corrected chi connectivity index (χ4v) is 10.7. The molecule has 69 heavy (non-hydrogen) atoms. The van der Waals surface area contributed by atoms with E-state index in [2.05, 4.69) is 14.7 Å². The average Bonchev–Trinajstić information content (AvgIpc) is 3.79. The van der Waals surface area contributed by atoms with E-state index in [9.17, 15) is 52.8 Å². The van der Waals surface area contributed by atoms with Crippen LogP contribution in [-0.4, -0.2) is 52.6 Å². The van der Waals surface area contributed by atoms with Gasteiger partial charge >= 0.3 is 24.3 Å². The molecular weight excluding hydrogens is 1100 g/mol. The Hall–Kier alpha value is -5.10. The summed E-state index contributed by atoms with van der Waals surface area (Å²) < 4.78 is 152. The Morgan fingerprint density at radius 3 is 1.61 bits per heavy atom. The number of cyclic esters (lactones) is 2. The van der Waals surface area contributed by atoms with Crippen LogP contribution in [0, 0.1) is 0 Å². The van der Waals surface area contributed by atoms with Gasteiger partial charge in [-0.05, 0) is 72.8 Å². The maximum atomic E-state index is 13.6. The quantitative estimate of drug-likeness (QED) is 0.0786. The third kappa shape index (κ3) is 10.5. The van der Waals surface area contributed by atoms with E-state index < -0.39 is 94.2 Å². The molecule has 4 heterocycles. The molecule has 2 aromatic heterocycles. The van der Waals surface area contributed by atoms with Gasteiger partial charge in [0.25, 0.3) is 20.0 Å². The number of sulfonamides is 2. The first-order valence-electron chi connectivity index (χ1n) is 18.8. The second kappa shape index (κ2) is 19.6. The number of esters is 2. The number of anilines is 2. The minimum Gasteiger partial charge on any atom is -0.447 e. The lowest BCUT2D eigenvalue weighted by Crippen LogP contribution is -2.34. The molecule has 0 radical (unpaired) electrons. The topological polar surface area (TPSA) is 171 Å². The molecule has 8 rings (SSSR count). The number of rotatable bonds is 10. The summed E-state index contributed by atoms with van der Waals surface area (Å²) in [6.45, 7) is -0.641. The summed E-state index contributed by atoms with van der Waals surface area (Å²) in [4.78, 5) is 31.6. The Kier molecular flexibility index (Phi) is 14.7. The smallest absolute Gasteiger partial charge is 0.417 e. The number of hydrogen-bond donors (Lipinski definition) is 1. The highest BCUT2D eigenvalue weighted by molar-refractivity contribution is 7.93. The second-order valence-corrected chi connectivity index (χ2v) is 20.3. The van der Waals surface area contributed by atoms with Gasteiger partial charge in [-0.15, -0.1) is 0 Å². The predicted octanol–water partition coefficient (Wildman–Crippen LogP) is 12.2. The van der Waals surface area contributed by atoms with Gasteiger partial charge in [0.1, 0.15) is 18.1 Å². The van der Waals surface area contributed by atoms with Gasteiger partial charge in [-0.2, -0.15) is 26.3 Å². The van der Waals surface area contributed by atoms with E-state index in [0.717, 1.165) is 24.3 Å². The Labute approximate surface area is 416 Å². The third-order valence-electron chi connectivity index (χ3n) is 9.91. The number of halogens is 12. The molecule has 1 N–H and O–H groups in total. The van der Waals surface area contributed by atoms with Gasteiger partial charge in [0.15, 0.2) is 12.2 Å². The molecule has 0 aliphatic carbocycles. The monoisotopic (exact) mass is 1120 g/mol. The highest BCUT2D eigenvalue weighted by atomic mass is 35.5. The first kappa shape index (κ1) is 51.7. The van der Waals surface area contributed by atoms with Crippen LogP contribution in [0.4, 0.5) is 37.7 Å². The summed E-state index contributed by atoms with van der Waals surface area (Å²) in [6.07, 6.45) is -9.78. The molecule has 27 heteroatoms. The number of alkyl halides is 6. The molecule has 2 atom stereocenters. The van der Waals surface area contributed by atoms with Crippen molar-refractivity contribution >= 4 is 113 Å². The molecule has 362 valence electrons. The van der Waals surface area contributed by atoms with Crippen LogP contribution >= 0.6 is 69.6 Å². The van der Waals surface area contributed by atoms with Crippen LogP contribution in [0.2, 0.25) is 30.1 Å².